The Morgan fingerprint density at radius 3 is 2.40 bits per heavy atom. The first-order chi connectivity index (χ1) is 9.41. The number of carbonyl (C=O) groups is 2. The van der Waals surface area contributed by atoms with Crippen molar-refractivity contribution in [2.24, 2.45) is 0 Å². The van der Waals surface area contributed by atoms with Gasteiger partial charge in [0.15, 0.2) is 0 Å². The lowest BCUT2D eigenvalue weighted by atomic mass is 10.0. The molecule has 0 atom stereocenters. The summed E-state index contributed by atoms with van der Waals surface area (Å²) in [6, 6.07) is 8.46. The van der Waals surface area contributed by atoms with E-state index in [2.05, 4.69) is 5.32 Å². The molecule has 2 aromatic rings. The Morgan fingerprint density at radius 2 is 1.80 bits per heavy atom. The molecule has 2 rings (SSSR count). The Labute approximate surface area is 116 Å². The SMILES string of the molecule is CC(=O)Nc1cccc2c(O)c(C(=O)N(C)C)ccc12. The summed E-state index contributed by atoms with van der Waals surface area (Å²) < 4.78 is 0. The van der Waals surface area contributed by atoms with Crippen molar-refractivity contribution >= 4 is 28.3 Å². The van der Waals surface area contributed by atoms with Crippen molar-refractivity contribution in [2.45, 2.75) is 6.92 Å². The first kappa shape index (κ1) is 13.9. The largest absolute Gasteiger partial charge is 0.506 e. The second kappa shape index (κ2) is 5.21. The van der Waals surface area contributed by atoms with Crippen molar-refractivity contribution in [2.75, 3.05) is 19.4 Å². The van der Waals surface area contributed by atoms with Gasteiger partial charge in [-0.05, 0) is 12.1 Å². The highest BCUT2D eigenvalue weighted by Crippen LogP contribution is 2.33. The number of hydrogen-bond acceptors (Lipinski definition) is 3. The Morgan fingerprint density at radius 1 is 1.10 bits per heavy atom. The highest BCUT2D eigenvalue weighted by atomic mass is 16.3. The molecule has 0 unspecified atom stereocenters. The van der Waals surface area contributed by atoms with Gasteiger partial charge in [-0.3, -0.25) is 9.59 Å². The first-order valence-electron chi connectivity index (χ1n) is 6.15. The molecule has 20 heavy (non-hydrogen) atoms. The molecule has 2 N–H and O–H groups in total. The maximum absolute atomic E-state index is 12.0. The number of phenols is 1. The molecule has 5 heteroatoms. The molecule has 0 aliphatic heterocycles. The van der Waals surface area contributed by atoms with Gasteiger partial charge < -0.3 is 15.3 Å². The topological polar surface area (TPSA) is 69.6 Å². The van der Waals surface area contributed by atoms with Gasteiger partial charge in [-0.15, -0.1) is 0 Å². The van der Waals surface area contributed by atoms with Crippen molar-refractivity contribution in [3.05, 3.63) is 35.9 Å². The quantitative estimate of drug-likeness (QED) is 0.880. The Balaban J connectivity index is 2.63. The number of hydrogen-bond donors (Lipinski definition) is 2. The van der Waals surface area contributed by atoms with Crippen molar-refractivity contribution in [3.8, 4) is 5.75 Å². The molecule has 0 saturated heterocycles. The third-order valence-corrected chi connectivity index (χ3v) is 2.98. The molecule has 0 aromatic heterocycles. The summed E-state index contributed by atoms with van der Waals surface area (Å²) >= 11 is 0. The molecule has 0 aliphatic carbocycles. The third kappa shape index (κ3) is 2.42. The number of nitrogens with zero attached hydrogens (tertiary/aromatic N) is 1. The minimum atomic E-state index is -0.269. The fraction of sp³-hybridized carbons (Fsp3) is 0.200. The summed E-state index contributed by atoms with van der Waals surface area (Å²) in [5.74, 6) is -0.534. The summed E-state index contributed by atoms with van der Waals surface area (Å²) in [4.78, 5) is 24.5. The van der Waals surface area contributed by atoms with E-state index in [1.807, 2.05) is 0 Å². The Hall–Kier alpha value is -2.56. The monoisotopic (exact) mass is 272 g/mol. The van der Waals surface area contributed by atoms with Gasteiger partial charge in [0.25, 0.3) is 5.91 Å². The molecular formula is C15H16N2O3. The van der Waals surface area contributed by atoms with Crippen LogP contribution in [0.1, 0.15) is 17.3 Å². The van der Waals surface area contributed by atoms with Crippen LogP contribution in [-0.2, 0) is 4.79 Å². The van der Waals surface area contributed by atoms with Crippen LogP contribution in [0.2, 0.25) is 0 Å². The Kier molecular flexibility index (Phi) is 3.61. The van der Waals surface area contributed by atoms with Crippen molar-refractivity contribution in [3.63, 3.8) is 0 Å². The van der Waals surface area contributed by atoms with Crippen LogP contribution in [0.15, 0.2) is 30.3 Å². The summed E-state index contributed by atoms with van der Waals surface area (Å²) in [5.41, 5.74) is 0.844. The van der Waals surface area contributed by atoms with Gasteiger partial charge in [0.1, 0.15) is 5.75 Å². The number of nitrogens with one attached hydrogen (secondary N) is 1. The van der Waals surface area contributed by atoms with E-state index in [0.717, 1.165) is 0 Å². The maximum Gasteiger partial charge on any atom is 0.257 e. The minimum absolute atomic E-state index is 0.0756. The number of aromatic hydroxyl groups is 1. The smallest absolute Gasteiger partial charge is 0.257 e. The number of carbonyl (C=O) groups excluding carboxylic acids is 2. The lowest BCUT2D eigenvalue weighted by Crippen LogP contribution is -2.21. The molecule has 2 aromatic carbocycles. The lowest BCUT2D eigenvalue weighted by Gasteiger charge is -2.14. The molecule has 0 spiro atoms. The van der Waals surface area contributed by atoms with Crippen LogP contribution in [-0.4, -0.2) is 35.9 Å². The Bertz CT molecular complexity index is 693. The van der Waals surface area contributed by atoms with Gasteiger partial charge in [-0.25, -0.2) is 0 Å². The number of rotatable bonds is 2. The molecule has 0 fully saturated rings. The normalized spacial score (nSPS) is 10.3. The summed E-state index contributed by atoms with van der Waals surface area (Å²) in [7, 11) is 3.25. The second-order valence-electron chi connectivity index (χ2n) is 4.74. The summed E-state index contributed by atoms with van der Waals surface area (Å²) in [6.45, 7) is 1.42. The van der Waals surface area contributed by atoms with Crippen molar-refractivity contribution < 1.29 is 14.7 Å². The van der Waals surface area contributed by atoms with E-state index in [9.17, 15) is 14.7 Å². The molecular weight excluding hydrogens is 256 g/mol. The van der Waals surface area contributed by atoms with E-state index in [-0.39, 0.29) is 23.1 Å². The van der Waals surface area contributed by atoms with Gasteiger partial charge in [0.05, 0.1) is 5.56 Å². The van der Waals surface area contributed by atoms with E-state index in [0.29, 0.717) is 16.5 Å². The zero-order valence-corrected chi connectivity index (χ0v) is 11.6. The predicted octanol–water partition coefficient (Wildman–Crippen LogP) is 2.21. The number of amides is 2. The van der Waals surface area contributed by atoms with E-state index in [4.69, 9.17) is 0 Å². The van der Waals surface area contributed by atoms with Crippen LogP contribution in [0.5, 0.6) is 5.75 Å². The predicted molar refractivity (Wildman–Crippen MR) is 77.9 cm³/mol. The van der Waals surface area contributed by atoms with E-state index < -0.39 is 0 Å². The number of benzene rings is 2. The molecule has 2 amide bonds. The average Bonchev–Trinajstić information content (AvgIpc) is 2.38. The van der Waals surface area contributed by atoms with Crippen LogP contribution in [0.4, 0.5) is 5.69 Å². The van der Waals surface area contributed by atoms with Crippen LogP contribution >= 0.6 is 0 Å². The molecule has 5 nitrogen and oxygen atoms in total. The molecule has 104 valence electrons. The average molecular weight is 272 g/mol. The number of fused-ring (bicyclic) bond motifs is 1. The maximum atomic E-state index is 12.0. The van der Waals surface area contributed by atoms with E-state index in [1.54, 1.807) is 44.4 Å². The van der Waals surface area contributed by atoms with Gasteiger partial charge in [-0.1, -0.05) is 18.2 Å². The zero-order chi connectivity index (χ0) is 14.9. The highest BCUT2D eigenvalue weighted by molar-refractivity contribution is 6.08. The van der Waals surface area contributed by atoms with Gasteiger partial charge >= 0.3 is 0 Å². The van der Waals surface area contributed by atoms with Gasteiger partial charge in [-0.2, -0.15) is 0 Å². The van der Waals surface area contributed by atoms with Crippen molar-refractivity contribution in [1.82, 2.24) is 4.90 Å². The molecule has 0 aliphatic rings. The van der Waals surface area contributed by atoms with Crippen LogP contribution in [0.3, 0.4) is 0 Å². The summed E-state index contributed by atoms with van der Waals surface area (Å²) in [5, 5.41) is 14.2. The lowest BCUT2D eigenvalue weighted by molar-refractivity contribution is -0.114. The fourth-order valence-electron chi connectivity index (χ4n) is 2.05. The highest BCUT2D eigenvalue weighted by Gasteiger charge is 2.16. The standard InChI is InChI=1S/C15H16N2O3/c1-9(18)16-13-6-4-5-11-10(13)7-8-12(14(11)19)15(20)17(2)3/h4-8,19H,1-3H3,(H,16,18). The third-order valence-electron chi connectivity index (χ3n) is 2.98. The fourth-order valence-corrected chi connectivity index (χ4v) is 2.05. The number of phenolic OH excluding ortho intramolecular Hbond substituents is 1. The van der Waals surface area contributed by atoms with Crippen molar-refractivity contribution in [1.29, 1.82) is 0 Å². The molecule has 0 radical (unpaired) electrons. The van der Waals surface area contributed by atoms with Crippen LogP contribution < -0.4 is 5.32 Å². The molecule has 0 saturated carbocycles. The van der Waals surface area contributed by atoms with Crippen LogP contribution in [0.25, 0.3) is 10.8 Å². The van der Waals surface area contributed by atoms with E-state index in [1.165, 1.54) is 11.8 Å². The minimum Gasteiger partial charge on any atom is -0.506 e. The number of anilines is 1. The first-order valence-corrected chi connectivity index (χ1v) is 6.15. The molecule has 0 bridgehead atoms. The second-order valence-corrected chi connectivity index (χ2v) is 4.74. The summed E-state index contributed by atoms with van der Waals surface area (Å²) in [6.07, 6.45) is 0. The molecule has 0 heterocycles. The van der Waals surface area contributed by atoms with Gasteiger partial charge in [0, 0.05) is 37.5 Å². The van der Waals surface area contributed by atoms with Crippen LogP contribution in [0, 0.1) is 0 Å². The van der Waals surface area contributed by atoms with E-state index >= 15 is 0 Å². The van der Waals surface area contributed by atoms with Gasteiger partial charge in [0.2, 0.25) is 5.91 Å². The zero-order valence-electron chi connectivity index (χ0n) is 11.6.